The molecule has 1 aliphatic carbocycles. The Morgan fingerprint density at radius 1 is 1.00 bits per heavy atom. The molecule has 1 aliphatic rings. The van der Waals surface area contributed by atoms with E-state index >= 15 is 0 Å². The Labute approximate surface area is 181 Å². The van der Waals surface area contributed by atoms with Gasteiger partial charge in [0.15, 0.2) is 5.96 Å². The van der Waals surface area contributed by atoms with Gasteiger partial charge < -0.3 is 25.4 Å². The van der Waals surface area contributed by atoms with E-state index in [1.807, 2.05) is 20.8 Å². The molecule has 160 valence electrons. The summed E-state index contributed by atoms with van der Waals surface area (Å²) in [4.78, 5) is 15.7. The third-order valence-corrected chi connectivity index (χ3v) is 4.06. The number of hydrogen-bond acceptors (Lipinski definition) is 4. The lowest BCUT2D eigenvalue weighted by atomic mass is 9.98. The summed E-state index contributed by atoms with van der Waals surface area (Å²) in [6.07, 6.45) is 8.27. The highest BCUT2D eigenvalue weighted by Gasteiger charge is 2.15. The third kappa shape index (κ3) is 14.9. The number of halogens is 1. The van der Waals surface area contributed by atoms with E-state index in [-0.39, 0.29) is 30.1 Å². The number of alkyl carbamates (subject to hydrolysis) is 1. The Morgan fingerprint density at radius 2 is 1.59 bits per heavy atom. The molecule has 0 aliphatic heterocycles. The maximum atomic E-state index is 11.5. The van der Waals surface area contributed by atoms with Gasteiger partial charge in [0.2, 0.25) is 0 Å². The highest BCUT2D eigenvalue weighted by atomic mass is 127. The van der Waals surface area contributed by atoms with E-state index in [1.165, 1.54) is 32.1 Å². The molecule has 1 rings (SSSR count). The van der Waals surface area contributed by atoms with Crippen LogP contribution in [0.1, 0.15) is 65.7 Å². The van der Waals surface area contributed by atoms with E-state index in [0.717, 1.165) is 38.5 Å². The normalized spacial score (nSPS) is 15.6. The Morgan fingerprint density at radius 3 is 2.19 bits per heavy atom. The average Bonchev–Trinajstić information content (AvgIpc) is 2.58. The van der Waals surface area contributed by atoms with Crippen LogP contribution in [0.5, 0.6) is 0 Å². The van der Waals surface area contributed by atoms with Gasteiger partial charge in [0, 0.05) is 33.3 Å². The van der Waals surface area contributed by atoms with Crippen LogP contribution in [0.4, 0.5) is 4.79 Å². The van der Waals surface area contributed by atoms with E-state index in [1.54, 1.807) is 7.05 Å². The first-order valence-corrected chi connectivity index (χ1v) is 9.93. The topological polar surface area (TPSA) is 84.0 Å². The minimum atomic E-state index is -0.463. The molecule has 0 aromatic rings. The second-order valence-corrected chi connectivity index (χ2v) is 7.69. The summed E-state index contributed by atoms with van der Waals surface area (Å²) >= 11 is 0. The van der Waals surface area contributed by atoms with Crippen molar-refractivity contribution in [2.24, 2.45) is 4.99 Å². The molecule has 1 fully saturated rings. The molecule has 0 aromatic carbocycles. The Balaban J connectivity index is 0.00000676. The van der Waals surface area contributed by atoms with Gasteiger partial charge in [0.05, 0.1) is 6.10 Å². The maximum Gasteiger partial charge on any atom is 0.407 e. The number of amides is 1. The molecule has 0 aromatic heterocycles. The lowest BCUT2D eigenvalue weighted by Gasteiger charge is -2.22. The summed E-state index contributed by atoms with van der Waals surface area (Å²) in [7, 11) is 1.76. The molecule has 0 heterocycles. The summed E-state index contributed by atoms with van der Waals surface area (Å²) in [5, 5.41) is 9.27. The molecule has 1 saturated carbocycles. The van der Waals surface area contributed by atoms with Crippen LogP contribution in [0.2, 0.25) is 0 Å². The lowest BCUT2D eigenvalue weighted by Crippen LogP contribution is -2.39. The Kier molecular flexibility index (Phi) is 14.8. The van der Waals surface area contributed by atoms with Gasteiger partial charge in [-0.15, -0.1) is 24.0 Å². The van der Waals surface area contributed by atoms with Crippen molar-refractivity contribution in [1.82, 2.24) is 16.0 Å². The van der Waals surface area contributed by atoms with Crippen LogP contribution in [-0.4, -0.2) is 57.0 Å². The molecule has 0 bridgehead atoms. The number of rotatable bonds is 9. The first-order chi connectivity index (χ1) is 12.4. The zero-order valence-electron chi connectivity index (χ0n) is 17.4. The number of hydrogen-bond donors (Lipinski definition) is 3. The molecule has 3 N–H and O–H groups in total. The van der Waals surface area contributed by atoms with Gasteiger partial charge in [0.25, 0.3) is 0 Å². The van der Waals surface area contributed by atoms with Crippen LogP contribution in [0.25, 0.3) is 0 Å². The molecule has 1 amide bonds. The van der Waals surface area contributed by atoms with Gasteiger partial charge in [0.1, 0.15) is 5.60 Å². The molecular weight excluding hydrogens is 459 g/mol. The number of nitrogens with zero attached hydrogens (tertiary/aromatic N) is 1. The highest BCUT2D eigenvalue weighted by Crippen LogP contribution is 2.20. The first-order valence-electron chi connectivity index (χ1n) is 9.93. The zero-order chi connectivity index (χ0) is 19.3. The van der Waals surface area contributed by atoms with E-state index in [9.17, 15) is 4.79 Å². The van der Waals surface area contributed by atoms with Crippen LogP contribution in [0.15, 0.2) is 4.99 Å². The second kappa shape index (κ2) is 15.2. The number of nitrogens with one attached hydrogen (secondary N) is 3. The van der Waals surface area contributed by atoms with Crippen molar-refractivity contribution in [3.05, 3.63) is 0 Å². The van der Waals surface area contributed by atoms with Crippen molar-refractivity contribution in [3.8, 4) is 0 Å². The van der Waals surface area contributed by atoms with Gasteiger partial charge in [-0.3, -0.25) is 4.99 Å². The third-order valence-electron chi connectivity index (χ3n) is 4.06. The van der Waals surface area contributed by atoms with Crippen LogP contribution >= 0.6 is 24.0 Å². The van der Waals surface area contributed by atoms with Gasteiger partial charge in [-0.1, -0.05) is 19.3 Å². The minimum Gasteiger partial charge on any atom is -0.444 e. The highest BCUT2D eigenvalue weighted by molar-refractivity contribution is 14.0. The molecule has 0 atom stereocenters. The summed E-state index contributed by atoms with van der Waals surface area (Å²) < 4.78 is 11.1. The monoisotopic (exact) mass is 498 g/mol. The SMILES string of the molecule is CN=C(NCCCNC(=O)OC(C)(C)C)NCCCOC1CCCCC1.I. The maximum absolute atomic E-state index is 11.5. The predicted molar refractivity (Wildman–Crippen MR) is 121 cm³/mol. The van der Waals surface area contributed by atoms with Crippen molar-refractivity contribution in [2.45, 2.75) is 77.4 Å². The van der Waals surface area contributed by atoms with Crippen LogP contribution in [0, 0.1) is 0 Å². The van der Waals surface area contributed by atoms with Crippen molar-refractivity contribution in [3.63, 3.8) is 0 Å². The summed E-state index contributed by atoms with van der Waals surface area (Å²) in [6, 6.07) is 0. The van der Waals surface area contributed by atoms with E-state index < -0.39 is 5.60 Å². The Bertz CT molecular complexity index is 422. The van der Waals surface area contributed by atoms with E-state index in [2.05, 4.69) is 20.9 Å². The largest absolute Gasteiger partial charge is 0.444 e. The van der Waals surface area contributed by atoms with Crippen LogP contribution in [-0.2, 0) is 9.47 Å². The second-order valence-electron chi connectivity index (χ2n) is 7.69. The van der Waals surface area contributed by atoms with Crippen LogP contribution < -0.4 is 16.0 Å². The summed E-state index contributed by atoms with van der Waals surface area (Å²) in [5.74, 6) is 0.778. The van der Waals surface area contributed by atoms with Crippen molar-refractivity contribution < 1.29 is 14.3 Å². The smallest absolute Gasteiger partial charge is 0.407 e. The number of carbonyl (C=O) groups excluding carboxylic acids is 1. The number of carbonyl (C=O) groups is 1. The van der Waals surface area contributed by atoms with Gasteiger partial charge >= 0.3 is 6.09 Å². The lowest BCUT2D eigenvalue weighted by molar-refractivity contribution is 0.0277. The Hall–Kier alpha value is -0.770. The molecule has 0 unspecified atom stereocenters. The standard InChI is InChI=1S/C19H38N4O3.HI/c1-19(2,3)26-18(24)23-13-8-12-21-17(20-4)22-14-9-15-25-16-10-6-5-7-11-16;/h16H,5-15H2,1-4H3,(H,23,24)(H2,20,21,22);1H. The van der Waals surface area contributed by atoms with Crippen LogP contribution in [0.3, 0.4) is 0 Å². The van der Waals surface area contributed by atoms with E-state index in [4.69, 9.17) is 9.47 Å². The molecular formula is C19H39IN4O3. The van der Waals surface area contributed by atoms with Crippen molar-refractivity contribution >= 4 is 36.0 Å². The summed E-state index contributed by atoms with van der Waals surface area (Å²) in [5.41, 5.74) is -0.463. The quantitative estimate of drug-likeness (QED) is 0.196. The van der Waals surface area contributed by atoms with Crippen molar-refractivity contribution in [1.29, 1.82) is 0 Å². The number of ether oxygens (including phenoxy) is 2. The number of guanidine groups is 1. The van der Waals surface area contributed by atoms with Gasteiger partial charge in [-0.2, -0.15) is 0 Å². The molecule has 27 heavy (non-hydrogen) atoms. The van der Waals surface area contributed by atoms with Gasteiger partial charge in [-0.05, 0) is 46.5 Å². The average molecular weight is 498 g/mol. The fourth-order valence-electron chi connectivity index (χ4n) is 2.78. The van der Waals surface area contributed by atoms with Gasteiger partial charge in [-0.25, -0.2) is 4.79 Å². The molecule has 0 saturated heterocycles. The molecule has 0 radical (unpaired) electrons. The fraction of sp³-hybridized carbons (Fsp3) is 0.895. The zero-order valence-corrected chi connectivity index (χ0v) is 19.8. The van der Waals surface area contributed by atoms with E-state index in [0.29, 0.717) is 12.6 Å². The first kappa shape index (κ1) is 26.2. The summed E-state index contributed by atoms with van der Waals surface area (Å²) in [6.45, 7) is 8.48. The number of aliphatic imine (C=N–C) groups is 1. The molecule has 7 nitrogen and oxygen atoms in total. The minimum absolute atomic E-state index is 0. The molecule has 8 heteroatoms. The predicted octanol–water partition coefficient (Wildman–Crippen LogP) is 3.42. The fourth-order valence-corrected chi connectivity index (χ4v) is 2.78. The molecule has 0 spiro atoms. The van der Waals surface area contributed by atoms with Crippen molar-refractivity contribution in [2.75, 3.05) is 33.3 Å².